The lowest BCUT2D eigenvalue weighted by atomic mass is 10.0. The normalized spacial score (nSPS) is 19.0. The lowest BCUT2D eigenvalue weighted by molar-refractivity contribution is -0.153. The highest BCUT2D eigenvalue weighted by atomic mass is 32.2. The van der Waals surface area contributed by atoms with Gasteiger partial charge in [0, 0.05) is 49.1 Å². The molecule has 6 rings (SSSR count). The van der Waals surface area contributed by atoms with E-state index < -0.39 is 98.3 Å². The third-order valence-corrected chi connectivity index (χ3v) is 18.9. The van der Waals surface area contributed by atoms with Crippen LogP contribution in [0.4, 0.5) is 0 Å². The summed E-state index contributed by atoms with van der Waals surface area (Å²) in [5.74, 6) is -3.11. The fourth-order valence-corrected chi connectivity index (χ4v) is 11.8. The molecule has 2 aliphatic heterocycles. The molecule has 1 N–H and O–H groups in total. The highest BCUT2D eigenvalue weighted by molar-refractivity contribution is 7.86. The van der Waals surface area contributed by atoms with Crippen molar-refractivity contribution in [2.75, 3.05) is 74.7 Å². The predicted molar refractivity (Wildman–Crippen MR) is 379 cm³/mol. The van der Waals surface area contributed by atoms with Gasteiger partial charge in [-0.15, -0.1) is 0 Å². The van der Waals surface area contributed by atoms with E-state index in [4.69, 9.17) is 70.5 Å². The monoisotopic (exact) mass is 1420 g/mol. The van der Waals surface area contributed by atoms with Crippen molar-refractivity contribution in [2.45, 2.75) is 154 Å². The Kier molecular flexibility index (Phi) is 32.1. The van der Waals surface area contributed by atoms with Crippen molar-refractivity contribution in [1.82, 2.24) is 0 Å². The van der Waals surface area contributed by atoms with E-state index in [1.807, 2.05) is 25.1 Å². The number of aliphatic hydroxyl groups is 1. The summed E-state index contributed by atoms with van der Waals surface area (Å²) in [6.07, 6.45) is 11.5. The lowest BCUT2D eigenvalue weighted by Gasteiger charge is -2.24. The molecule has 0 saturated carbocycles. The predicted octanol–water partition coefficient (Wildman–Crippen LogP) is 13.0. The van der Waals surface area contributed by atoms with Gasteiger partial charge < -0.3 is 71.4 Å². The molecule has 98 heavy (non-hydrogen) atoms. The van der Waals surface area contributed by atoms with Gasteiger partial charge in [-0.1, -0.05) is 126 Å². The summed E-state index contributed by atoms with van der Waals surface area (Å²) in [5, 5.41) is 9.60. The van der Waals surface area contributed by atoms with E-state index in [2.05, 4.69) is 39.3 Å². The van der Waals surface area contributed by atoms with Gasteiger partial charge >= 0.3 is 23.9 Å². The molecule has 2 aliphatic rings. The number of ether oxygens (including phenoxy) is 14. The molecule has 22 nitrogen and oxygen atoms in total. The molecule has 2 fully saturated rings. The van der Waals surface area contributed by atoms with Gasteiger partial charge in [0.25, 0.3) is 10.1 Å². The molecule has 0 aromatic heterocycles. The largest absolute Gasteiger partial charge is 0.497 e. The second-order valence-corrected chi connectivity index (χ2v) is 40.0. The van der Waals surface area contributed by atoms with Crippen molar-refractivity contribution in [1.29, 1.82) is 0 Å². The first-order valence-electron chi connectivity index (χ1n) is 32.6. The Labute approximate surface area is 580 Å². The molecule has 4 aromatic rings. The van der Waals surface area contributed by atoms with Crippen LogP contribution in [0.15, 0.2) is 121 Å². The van der Waals surface area contributed by atoms with E-state index in [0.29, 0.717) is 53.2 Å². The third kappa shape index (κ3) is 28.0. The number of hydrogen-bond acceptors (Lipinski definition) is 22. The van der Waals surface area contributed by atoms with E-state index in [-0.39, 0.29) is 67.9 Å². The topological polar surface area (TPSA) is 261 Å². The van der Waals surface area contributed by atoms with Gasteiger partial charge in [-0.25, -0.2) is 19.2 Å². The van der Waals surface area contributed by atoms with Gasteiger partial charge in [0.05, 0.1) is 63.6 Å². The summed E-state index contributed by atoms with van der Waals surface area (Å²) in [6, 6.07) is 25.6. The second-order valence-electron chi connectivity index (χ2n) is 27.1. The van der Waals surface area contributed by atoms with E-state index in [1.54, 1.807) is 150 Å². The van der Waals surface area contributed by atoms with Crippen LogP contribution in [-0.4, -0.2) is 176 Å². The van der Waals surface area contributed by atoms with Crippen LogP contribution < -0.4 is 18.9 Å². The van der Waals surface area contributed by atoms with Crippen molar-refractivity contribution < 1.29 is 103 Å². The number of benzene rings is 4. The summed E-state index contributed by atoms with van der Waals surface area (Å²) in [5.41, 5.74) is 2.28. The first kappa shape index (κ1) is 81.7. The molecule has 0 spiro atoms. The van der Waals surface area contributed by atoms with Gasteiger partial charge in [0.1, 0.15) is 58.5 Å². The maximum atomic E-state index is 13.5. The summed E-state index contributed by atoms with van der Waals surface area (Å²) >= 11 is 0. The van der Waals surface area contributed by atoms with Crippen LogP contribution in [-0.2, 0) is 61.7 Å². The van der Waals surface area contributed by atoms with Crippen molar-refractivity contribution >= 4 is 62.3 Å². The van der Waals surface area contributed by atoms with E-state index in [9.17, 15) is 32.7 Å². The van der Waals surface area contributed by atoms with Crippen molar-refractivity contribution in [3.05, 3.63) is 155 Å². The Hall–Kier alpha value is -7.02. The second kappa shape index (κ2) is 38.5. The number of carbonyl (C=O) groups is 4. The molecule has 2 heterocycles. The van der Waals surface area contributed by atoms with Gasteiger partial charge in [-0.3, -0.25) is 4.18 Å². The molecule has 2 saturated heterocycles. The average Bonchev–Trinajstić information content (AvgIpc) is 1.27. The molecule has 4 aromatic carbocycles. The third-order valence-electron chi connectivity index (χ3n) is 14.9. The number of aliphatic hydroxyl groups excluding tert-OH is 1. The van der Waals surface area contributed by atoms with Crippen LogP contribution in [0.3, 0.4) is 0 Å². The molecule has 0 amide bonds. The fraction of sp³-hybridized carbons (Fsp3) is 0.507. The Balaban J connectivity index is 0.000000355. The van der Waals surface area contributed by atoms with Crippen molar-refractivity contribution in [3.8, 4) is 23.0 Å². The smallest absolute Gasteiger partial charge is 0.342 e. The molecule has 0 radical (unpaired) electrons. The zero-order valence-corrected chi connectivity index (χ0v) is 62.6. The van der Waals surface area contributed by atoms with Crippen LogP contribution in [0.1, 0.15) is 107 Å². The SMILES string of the molecule is COCOc1cc(OC)cc(/C=C/C[C@@H]2OC(C)(C)O[C@@H]2C(/C=C\[C@H](C)CO)OC(=O)c2ccccc2)c1C(=O)OCC[Si](C)(C)C.COCOc1cc(OC)cc(/C=C/C[C@@H]2OC(C)(C)O[C@@H]2C(/C=C\[C@H](C)COS(C)(=O)=O)OC(=O)c2ccccc2)c1C(=O)OCC[Si](C)(C)C. The van der Waals surface area contributed by atoms with Gasteiger partial charge in [0.2, 0.25) is 0 Å². The summed E-state index contributed by atoms with van der Waals surface area (Å²) in [7, 11) is -0.497. The average molecular weight is 1420 g/mol. The molecule has 2 unspecified atom stereocenters. The quantitative estimate of drug-likeness (QED) is 0.0111. The number of carbonyl (C=O) groups excluding carboxylic acids is 4. The van der Waals surface area contributed by atoms with Crippen molar-refractivity contribution in [2.24, 2.45) is 11.8 Å². The Morgan fingerprint density at radius 1 is 0.561 bits per heavy atom. The van der Waals surface area contributed by atoms with E-state index >= 15 is 0 Å². The Bertz CT molecular complexity index is 3430. The van der Waals surface area contributed by atoms with Gasteiger partial charge in [-0.05, 0) is 124 Å². The summed E-state index contributed by atoms with van der Waals surface area (Å²) in [4.78, 5) is 53.3. The zero-order valence-electron chi connectivity index (χ0n) is 59.8. The number of esters is 4. The van der Waals surface area contributed by atoms with Crippen molar-refractivity contribution in [3.63, 3.8) is 0 Å². The minimum absolute atomic E-state index is 0.0604. The highest BCUT2D eigenvalue weighted by Gasteiger charge is 2.47. The fourth-order valence-electron chi connectivity index (χ4n) is 9.89. The van der Waals surface area contributed by atoms with Crippen LogP contribution in [0.25, 0.3) is 12.2 Å². The first-order chi connectivity index (χ1) is 46.2. The van der Waals surface area contributed by atoms with Gasteiger partial charge in [-0.2, -0.15) is 8.42 Å². The molecule has 540 valence electrons. The molecule has 0 aliphatic carbocycles. The number of methoxy groups -OCH3 is 4. The van der Waals surface area contributed by atoms with Crippen LogP contribution in [0, 0.1) is 11.8 Å². The highest BCUT2D eigenvalue weighted by Crippen LogP contribution is 2.38. The molecule has 25 heteroatoms. The molecule has 0 bridgehead atoms. The maximum Gasteiger partial charge on any atom is 0.342 e. The minimum Gasteiger partial charge on any atom is -0.497 e. The minimum atomic E-state index is -3.64. The van der Waals surface area contributed by atoms with Gasteiger partial charge in [0.15, 0.2) is 25.2 Å². The number of hydrogen-bond donors (Lipinski definition) is 1. The Morgan fingerprint density at radius 3 is 1.30 bits per heavy atom. The number of rotatable bonds is 36. The summed E-state index contributed by atoms with van der Waals surface area (Å²) < 4.78 is 109. The standard InChI is InChI=1S/C37H52O12SSi.C36H50O10Si/c1-26(24-46-50(6,40)41)18-19-30(47-35(38)27-14-11-10-12-15-27)34-31(48-37(2,3)49-34)17-13-16-28-22-29(43-5)23-32(45-25-42-4)33(28)36(39)44-20-21-51(7,8)9;1-25(23-37)17-18-29(44-34(38)26-13-10-9-11-14-26)33-30(45-36(2,3)46-33)16-12-15-27-21-28(41-5)22-31(43-24-40-4)32(27)35(39)42-19-20-47(6,7)8/h10-16,18-19,22-23,26,30-31,34H,17,20-21,24-25H2,1-9H3;9-15,17-18,21-22,25,29-30,33,37H,16,19-20,23-24H2,1-8H3/b16-13+,19-18-;15-12+,18-17-/t26-,30?,31-,34+;25-,29?,30-,33+/m00/s1. The van der Waals surface area contributed by atoms with E-state index in [1.165, 1.54) is 28.4 Å². The molecular formula is C73H102O22SSi2. The molecule has 8 atom stereocenters. The Morgan fingerprint density at radius 2 is 0.949 bits per heavy atom. The van der Waals surface area contributed by atoms with Crippen LogP contribution in [0.2, 0.25) is 51.4 Å². The van der Waals surface area contributed by atoms with E-state index in [0.717, 1.165) is 18.3 Å². The van der Waals surface area contributed by atoms with Crippen LogP contribution in [0.5, 0.6) is 23.0 Å². The molecular weight excluding hydrogens is 1320 g/mol. The summed E-state index contributed by atoms with van der Waals surface area (Å²) in [6.45, 7) is 24.3. The maximum absolute atomic E-state index is 13.5. The van der Waals surface area contributed by atoms with Crippen LogP contribution >= 0.6 is 0 Å². The zero-order chi connectivity index (χ0) is 72.4. The first-order valence-corrected chi connectivity index (χ1v) is 41.8. The lowest BCUT2D eigenvalue weighted by Crippen LogP contribution is -2.37.